The lowest BCUT2D eigenvalue weighted by molar-refractivity contribution is -0.259. The Kier molecular flexibility index (Phi) is 7.20. The van der Waals surface area contributed by atoms with Crippen LogP contribution in [0, 0.1) is 0 Å². The maximum Gasteiger partial charge on any atom is 0.356 e. The number of hydrogen-bond donors (Lipinski definition) is 1. The topological polar surface area (TPSA) is 116 Å². The van der Waals surface area contributed by atoms with Crippen molar-refractivity contribution in [2.24, 2.45) is 0 Å². The molecule has 0 aromatic heterocycles. The highest BCUT2D eigenvalue weighted by Gasteiger charge is 2.23. The molecule has 118 valence electrons. The van der Waals surface area contributed by atoms with E-state index in [0.29, 0.717) is 25.7 Å². The molecule has 1 saturated heterocycles. The van der Waals surface area contributed by atoms with Crippen molar-refractivity contribution in [3.8, 4) is 0 Å². The van der Waals surface area contributed by atoms with Crippen LogP contribution < -0.4 is 0 Å². The standard InChI is InChI=1S/C13H18O8/c14-10-7-8-12(16)21-20-11(15)6-4-2-1-3-5-9(19-10)13(17)18/h9H,1-8H2,(H,17,18). The van der Waals surface area contributed by atoms with E-state index in [9.17, 15) is 19.2 Å². The van der Waals surface area contributed by atoms with Gasteiger partial charge in [0.25, 0.3) is 0 Å². The van der Waals surface area contributed by atoms with Gasteiger partial charge in [-0.25, -0.2) is 24.2 Å². The molecule has 1 fully saturated rings. The summed E-state index contributed by atoms with van der Waals surface area (Å²) in [6, 6.07) is 0. The molecule has 1 atom stereocenters. The highest BCUT2D eigenvalue weighted by Crippen LogP contribution is 2.12. The molecular weight excluding hydrogens is 284 g/mol. The summed E-state index contributed by atoms with van der Waals surface area (Å²) in [7, 11) is 0. The number of aliphatic carboxylic acids is 1. The van der Waals surface area contributed by atoms with Crippen LogP contribution in [0.5, 0.6) is 0 Å². The molecule has 0 aromatic carbocycles. The van der Waals surface area contributed by atoms with Crippen LogP contribution in [0.15, 0.2) is 0 Å². The molecule has 1 unspecified atom stereocenters. The number of cyclic esters (lactones) is 1. The molecule has 0 aromatic rings. The summed E-state index contributed by atoms with van der Waals surface area (Å²) in [5.74, 6) is -3.56. The summed E-state index contributed by atoms with van der Waals surface area (Å²) in [6.45, 7) is 0. The summed E-state index contributed by atoms with van der Waals surface area (Å²) in [5, 5.41) is 8.96. The Morgan fingerprint density at radius 1 is 0.857 bits per heavy atom. The van der Waals surface area contributed by atoms with Crippen LogP contribution >= 0.6 is 0 Å². The third-order valence-corrected chi connectivity index (χ3v) is 2.91. The van der Waals surface area contributed by atoms with Crippen molar-refractivity contribution in [3.05, 3.63) is 0 Å². The lowest BCUT2D eigenvalue weighted by Gasteiger charge is -2.13. The monoisotopic (exact) mass is 302 g/mol. The maximum absolute atomic E-state index is 11.4. The summed E-state index contributed by atoms with van der Waals surface area (Å²) >= 11 is 0. The first kappa shape index (κ1) is 16.9. The molecule has 8 heteroatoms. The first-order valence-corrected chi connectivity index (χ1v) is 6.81. The Morgan fingerprint density at radius 3 is 2.10 bits per heavy atom. The van der Waals surface area contributed by atoms with Crippen LogP contribution in [0.25, 0.3) is 0 Å². The molecule has 1 aliphatic rings. The average Bonchev–Trinajstić information content (AvgIpc) is 2.44. The molecule has 1 aliphatic heterocycles. The normalized spacial score (nSPS) is 23.0. The zero-order valence-corrected chi connectivity index (χ0v) is 11.5. The van der Waals surface area contributed by atoms with Gasteiger partial charge in [0.05, 0.1) is 19.3 Å². The van der Waals surface area contributed by atoms with Crippen molar-refractivity contribution in [1.29, 1.82) is 0 Å². The predicted octanol–water partition coefficient (Wildman–Crippen LogP) is 1.12. The van der Waals surface area contributed by atoms with Gasteiger partial charge in [-0.2, -0.15) is 0 Å². The summed E-state index contributed by atoms with van der Waals surface area (Å²) in [5.41, 5.74) is 0. The van der Waals surface area contributed by atoms with Crippen molar-refractivity contribution in [3.63, 3.8) is 0 Å². The van der Waals surface area contributed by atoms with Crippen molar-refractivity contribution in [2.45, 2.75) is 57.5 Å². The fourth-order valence-electron chi connectivity index (χ4n) is 1.78. The van der Waals surface area contributed by atoms with Crippen molar-refractivity contribution in [2.75, 3.05) is 0 Å². The lowest BCUT2D eigenvalue weighted by Crippen LogP contribution is -2.27. The Morgan fingerprint density at radius 2 is 1.43 bits per heavy atom. The van der Waals surface area contributed by atoms with Crippen LogP contribution in [0.4, 0.5) is 0 Å². The molecule has 1 heterocycles. The first-order chi connectivity index (χ1) is 9.99. The van der Waals surface area contributed by atoms with Gasteiger partial charge in [0.15, 0.2) is 6.10 Å². The SMILES string of the molecule is O=C1CCCCCCC(C(=O)O)OC(=O)CCC(=O)OO1. The molecule has 0 amide bonds. The predicted molar refractivity (Wildman–Crippen MR) is 66.6 cm³/mol. The van der Waals surface area contributed by atoms with E-state index in [1.807, 2.05) is 0 Å². The molecule has 21 heavy (non-hydrogen) atoms. The van der Waals surface area contributed by atoms with Gasteiger partial charge in [-0.1, -0.05) is 12.8 Å². The Labute approximate surface area is 121 Å². The number of carboxylic acid groups (broad SMARTS) is 1. The second-order valence-corrected chi connectivity index (χ2v) is 4.68. The Balaban J connectivity index is 2.57. The maximum atomic E-state index is 11.4. The molecule has 1 rings (SSSR count). The van der Waals surface area contributed by atoms with Gasteiger partial charge in [-0.3, -0.25) is 4.79 Å². The average molecular weight is 302 g/mol. The van der Waals surface area contributed by atoms with E-state index in [1.165, 1.54) is 0 Å². The number of hydrogen-bond acceptors (Lipinski definition) is 7. The van der Waals surface area contributed by atoms with Crippen LogP contribution in [-0.2, 0) is 33.7 Å². The van der Waals surface area contributed by atoms with Crippen molar-refractivity contribution in [1.82, 2.24) is 0 Å². The zero-order valence-electron chi connectivity index (χ0n) is 11.5. The number of carbonyl (C=O) groups excluding carboxylic acids is 3. The van der Waals surface area contributed by atoms with Gasteiger partial charge in [0.1, 0.15) is 0 Å². The van der Waals surface area contributed by atoms with Crippen LogP contribution in [0.1, 0.15) is 51.4 Å². The Hall–Kier alpha value is -2.12. The van der Waals surface area contributed by atoms with E-state index in [0.717, 1.165) is 0 Å². The number of rotatable bonds is 1. The van der Waals surface area contributed by atoms with Gasteiger partial charge < -0.3 is 9.84 Å². The van der Waals surface area contributed by atoms with Gasteiger partial charge >= 0.3 is 23.9 Å². The molecule has 1 N–H and O–H groups in total. The van der Waals surface area contributed by atoms with Crippen molar-refractivity contribution >= 4 is 23.9 Å². The smallest absolute Gasteiger partial charge is 0.356 e. The summed E-state index contributed by atoms with van der Waals surface area (Å²) in [6.07, 6.45) is 0.941. The van der Waals surface area contributed by atoms with E-state index in [4.69, 9.17) is 9.84 Å². The van der Waals surface area contributed by atoms with Crippen LogP contribution in [0.3, 0.4) is 0 Å². The molecule has 0 spiro atoms. The minimum absolute atomic E-state index is 0.116. The molecule has 0 aliphatic carbocycles. The van der Waals surface area contributed by atoms with E-state index < -0.39 is 30.0 Å². The lowest BCUT2D eigenvalue weighted by atomic mass is 10.1. The third-order valence-electron chi connectivity index (χ3n) is 2.91. The van der Waals surface area contributed by atoms with Gasteiger partial charge in [0.2, 0.25) is 0 Å². The fraction of sp³-hybridized carbons (Fsp3) is 0.692. The summed E-state index contributed by atoms with van der Waals surface area (Å²) < 4.78 is 4.80. The largest absolute Gasteiger partial charge is 0.479 e. The van der Waals surface area contributed by atoms with Gasteiger partial charge in [-0.15, -0.1) is 0 Å². The number of carboxylic acids is 1. The minimum atomic E-state index is -1.21. The molecule has 0 bridgehead atoms. The Bertz CT molecular complexity index is 403. The second-order valence-electron chi connectivity index (χ2n) is 4.68. The van der Waals surface area contributed by atoms with Crippen LogP contribution in [-0.4, -0.2) is 35.1 Å². The third kappa shape index (κ3) is 7.28. The fourth-order valence-corrected chi connectivity index (χ4v) is 1.78. The van der Waals surface area contributed by atoms with Gasteiger partial charge in [-0.05, 0) is 19.3 Å². The van der Waals surface area contributed by atoms with E-state index in [-0.39, 0.29) is 25.7 Å². The highest BCUT2D eigenvalue weighted by atomic mass is 17.2. The molecule has 8 nitrogen and oxygen atoms in total. The quantitative estimate of drug-likeness (QED) is 0.565. The minimum Gasteiger partial charge on any atom is -0.479 e. The number of ether oxygens (including phenoxy) is 1. The zero-order chi connectivity index (χ0) is 15.7. The molecular formula is C13H18O8. The molecule has 0 saturated carbocycles. The summed E-state index contributed by atoms with van der Waals surface area (Å²) in [4.78, 5) is 53.4. The number of carbonyl (C=O) groups is 4. The van der Waals surface area contributed by atoms with E-state index >= 15 is 0 Å². The second kappa shape index (κ2) is 8.93. The van der Waals surface area contributed by atoms with E-state index in [2.05, 4.69) is 9.78 Å². The van der Waals surface area contributed by atoms with E-state index in [1.54, 1.807) is 0 Å². The van der Waals surface area contributed by atoms with Crippen molar-refractivity contribution < 1.29 is 38.8 Å². The van der Waals surface area contributed by atoms with Gasteiger partial charge in [0, 0.05) is 0 Å². The number of esters is 1. The highest BCUT2D eigenvalue weighted by molar-refractivity contribution is 5.81. The van der Waals surface area contributed by atoms with Crippen LogP contribution in [0.2, 0.25) is 0 Å². The molecule has 0 radical (unpaired) electrons. The first-order valence-electron chi connectivity index (χ1n) is 6.81.